The molecule has 1 aromatic heterocycles. The summed E-state index contributed by atoms with van der Waals surface area (Å²) in [6.45, 7) is 3.42. The second-order valence-corrected chi connectivity index (χ2v) is 6.17. The number of sulfonamides is 1. The lowest BCUT2D eigenvalue weighted by Gasteiger charge is -2.08. The van der Waals surface area contributed by atoms with E-state index < -0.39 is 15.8 Å². The molecule has 0 saturated heterocycles. The van der Waals surface area contributed by atoms with Gasteiger partial charge in [-0.15, -0.1) is 0 Å². The maximum Gasteiger partial charge on any atom is 0.244 e. The van der Waals surface area contributed by atoms with Crippen LogP contribution in [0.5, 0.6) is 5.75 Å². The molecule has 0 radical (unpaired) electrons. The highest BCUT2D eigenvalue weighted by Crippen LogP contribution is 2.16. The number of aromatic amines is 1. The smallest absolute Gasteiger partial charge is 0.244 e. The standard InChI is InChI=1S/C13H16FN3O3S/c1-9-13(10(2)17-16-9)21(18,19)15-6-7-20-12-5-3-4-11(14)8-12/h3-5,8,15H,6-7H2,1-2H3,(H,16,17). The molecule has 0 bridgehead atoms. The van der Waals surface area contributed by atoms with Crippen molar-refractivity contribution in [3.05, 3.63) is 41.5 Å². The maximum absolute atomic E-state index is 12.9. The van der Waals surface area contributed by atoms with Gasteiger partial charge in [0.2, 0.25) is 10.0 Å². The number of hydrogen-bond acceptors (Lipinski definition) is 4. The van der Waals surface area contributed by atoms with E-state index in [1.807, 2.05) is 0 Å². The molecule has 0 unspecified atom stereocenters. The third-order valence-corrected chi connectivity index (χ3v) is 4.51. The van der Waals surface area contributed by atoms with Gasteiger partial charge in [-0.25, -0.2) is 17.5 Å². The largest absolute Gasteiger partial charge is 0.492 e. The highest BCUT2D eigenvalue weighted by atomic mass is 32.2. The van der Waals surface area contributed by atoms with E-state index in [1.54, 1.807) is 19.9 Å². The van der Waals surface area contributed by atoms with Crippen molar-refractivity contribution in [2.45, 2.75) is 18.7 Å². The Morgan fingerprint density at radius 3 is 2.76 bits per heavy atom. The minimum Gasteiger partial charge on any atom is -0.492 e. The van der Waals surface area contributed by atoms with E-state index in [9.17, 15) is 12.8 Å². The normalized spacial score (nSPS) is 11.6. The van der Waals surface area contributed by atoms with Crippen molar-refractivity contribution in [2.75, 3.05) is 13.2 Å². The summed E-state index contributed by atoms with van der Waals surface area (Å²) in [5, 5.41) is 6.47. The molecule has 1 aromatic carbocycles. The number of aryl methyl sites for hydroxylation is 2. The Bertz CT molecular complexity index is 709. The number of nitrogens with one attached hydrogen (secondary N) is 2. The van der Waals surface area contributed by atoms with Gasteiger partial charge in [0.1, 0.15) is 23.1 Å². The lowest BCUT2D eigenvalue weighted by Crippen LogP contribution is -2.29. The van der Waals surface area contributed by atoms with Crippen LogP contribution in [0.25, 0.3) is 0 Å². The summed E-state index contributed by atoms with van der Waals surface area (Å²) >= 11 is 0. The molecule has 0 aliphatic rings. The summed E-state index contributed by atoms with van der Waals surface area (Å²) in [6, 6.07) is 5.66. The Balaban J connectivity index is 1.91. The van der Waals surface area contributed by atoms with Crippen molar-refractivity contribution in [3.8, 4) is 5.75 Å². The molecule has 0 saturated carbocycles. The van der Waals surface area contributed by atoms with Gasteiger partial charge in [0.15, 0.2) is 0 Å². The molecular weight excluding hydrogens is 297 g/mol. The van der Waals surface area contributed by atoms with E-state index in [2.05, 4.69) is 14.9 Å². The molecule has 114 valence electrons. The van der Waals surface area contributed by atoms with Crippen LogP contribution in [-0.2, 0) is 10.0 Å². The highest BCUT2D eigenvalue weighted by Gasteiger charge is 2.21. The molecule has 2 aromatic rings. The van der Waals surface area contributed by atoms with Gasteiger partial charge in [-0.3, -0.25) is 5.10 Å². The molecule has 0 spiro atoms. The number of benzene rings is 1. The molecular formula is C13H16FN3O3S. The fourth-order valence-corrected chi connectivity index (χ4v) is 3.29. The topological polar surface area (TPSA) is 84.1 Å². The van der Waals surface area contributed by atoms with Crippen LogP contribution in [0, 0.1) is 19.7 Å². The monoisotopic (exact) mass is 313 g/mol. The molecule has 0 amide bonds. The van der Waals surface area contributed by atoms with Crippen molar-refractivity contribution in [1.82, 2.24) is 14.9 Å². The molecule has 0 atom stereocenters. The zero-order valence-electron chi connectivity index (χ0n) is 11.7. The van der Waals surface area contributed by atoms with Crippen LogP contribution < -0.4 is 9.46 Å². The minimum atomic E-state index is -3.64. The molecule has 2 rings (SSSR count). The van der Waals surface area contributed by atoms with Gasteiger partial charge in [-0.05, 0) is 26.0 Å². The Hall–Kier alpha value is -1.93. The maximum atomic E-state index is 12.9. The molecule has 0 aliphatic heterocycles. The third kappa shape index (κ3) is 3.79. The Kier molecular flexibility index (Phi) is 4.59. The predicted molar refractivity (Wildman–Crippen MR) is 75.1 cm³/mol. The first-order valence-electron chi connectivity index (χ1n) is 6.30. The highest BCUT2D eigenvalue weighted by molar-refractivity contribution is 7.89. The average Bonchev–Trinajstić information content (AvgIpc) is 2.75. The summed E-state index contributed by atoms with van der Waals surface area (Å²) in [5.41, 5.74) is 0.886. The van der Waals surface area contributed by atoms with Gasteiger partial charge in [0.05, 0.1) is 11.4 Å². The average molecular weight is 313 g/mol. The number of H-pyrrole nitrogens is 1. The van der Waals surface area contributed by atoms with Crippen molar-refractivity contribution in [2.24, 2.45) is 0 Å². The number of nitrogens with zero attached hydrogens (tertiary/aromatic N) is 1. The molecule has 0 aliphatic carbocycles. The zero-order valence-corrected chi connectivity index (χ0v) is 12.5. The molecule has 1 heterocycles. The number of rotatable bonds is 6. The fraction of sp³-hybridized carbons (Fsp3) is 0.308. The summed E-state index contributed by atoms with van der Waals surface area (Å²) in [6.07, 6.45) is 0. The van der Waals surface area contributed by atoms with Gasteiger partial charge < -0.3 is 4.74 Å². The van der Waals surface area contributed by atoms with Gasteiger partial charge in [-0.1, -0.05) is 6.07 Å². The zero-order chi connectivity index (χ0) is 15.5. The van der Waals surface area contributed by atoms with Crippen LogP contribution in [0.1, 0.15) is 11.4 Å². The van der Waals surface area contributed by atoms with E-state index >= 15 is 0 Å². The van der Waals surface area contributed by atoms with E-state index in [-0.39, 0.29) is 18.0 Å². The predicted octanol–water partition coefficient (Wildman–Crippen LogP) is 1.52. The number of aromatic nitrogens is 2. The van der Waals surface area contributed by atoms with Crippen LogP contribution in [-0.4, -0.2) is 31.8 Å². The van der Waals surface area contributed by atoms with Gasteiger partial charge in [0.25, 0.3) is 0 Å². The Labute approximate surface area is 122 Å². The first kappa shape index (κ1) is 15.5. The number of halogens is 1. The lowest BCUT2D eigenvalue weighted by molar-refractivity contribution is 0.321. The first-order valence-corrected chi connectivity index (χ1v) is 7.78. The van der Waals surface area contributed by atoms with Crippen LogP contribution in [0.2, 0.25) is 0 Å². The van der Waals surface area contributed by atoms with Crippen molar-refractivity contribution in [3.63, 3.8) is 0 Å². The Morgan fingerprint density at radius 2 is 2.14 bits per heavy atom. The minimum absolute atomic E-state index is 0.0723. The first-order chi connectivity index (χ1) is 9.90. The van der Waals surface area contributed by atoms with Crippen LogP contribution in [0.15, 0.2) is 29.2 Å². The van der Waals surface area contributed by atoms with Crippen molar-refractivity contribution >= 4 is 10.0 Å². The summed E-state index contributed by atoms with van der Waals surface area (Å²) in [4.78, 5) is 0.147. The van der Waals surface area contributed by atoms with Crippen LogP contribution >= 0.6 is 0 Å². The quantitative estimate of drug-likeness (QED) is 0.792. The second kappa shape index (κ2) is 6.23. The molecule has 21 heavy (non-hydrogen) atoms. The second-order valence-electron chi connectivity index (χ2n) is 4.47. The van der Waals surface area contributed by atoms with E-state index in [4.69, 9.17) is 4.74 Å². The van der Waals surface area contributed by atoms with E-state index in [0.29, 0.717) is 17.1 Å². The summed E-state index contributed by atoms with van der Waals surface area (Å²) in [5.74, 6) is -0.0532. The van der Waals surface area contributed by atoms with Gasteiger partial charge in [0, 0.05) is 12.6 Å². The fourth-order valence-electron chi connectivity index (χ4n) is 1.91. The molecule has 6 nitrogen and oxygen atoms in total. The van der Waals surface area contributed by atoms with E-state index in [0.717, 1.165) is 0 Å². The third-order valence-electron chi connectivity index (χ3n) is 2.79. The van der Waals surface area contributed by atoms with Crippen LogP contribution in [0.3, 0.4) is 0 Å². The summed E-state index contributed by atoms with van der Waals surface area (Å²) in [7, 11) is -3.64. The Morgan fingerprint density at radius 1 is 1.38 bits per heavy atom. The van der Waals surface area contributed by atoms with Crippen molar-refractivity contribution < 1.29 is 17.5 Å². The SMILES string of the molecule is Cc1n[nH]c(C)c1S(=O)(=O)NCCOc1cccc(F)c1. The van der Waals surface area contributed by atoms with Gasteiger partial charge >= 0.3 is 0 Å². The number of hydrogen-bond donors (Lipinski definition) is 2. The number of ether oxygens (including phenoxy) is 1. The molecule has 8 heteroatoms. The van der Waals surface area contributed by atoms with Crippen molar-refractivity contribution in [1.29, 1.82) is 0 Å². The van der Waals surface area contributed by atoms with Crippen LogP contribution in [0.4, 0.5) is 4.39 Å². The van der Waals surface area contributed by atoms with Gasteiger partial charge in [-0.2, -0.15) is 5.10 Å². The lowest BCUT2D eigenvalue weighted by atomic mass is 10.3. The molecule has 2 N–H and O–H groups in total. The van der Waals surface area contributed by atoms with E-state index in [1.165, 1.54) is 18.2 Å². The molecule has 0 fully saturated rings. The summed E-state index contributed by atoms with van der Waals surface area (Å²) < 4.78 is 44.9.